The van der Waals surface area contributed by atoms with E-state index in [1.807, 2.05) is 13.8 Å². The molecule has 2 aliphatic rings. The monoisotopic (exact) mass is 514 g/mol. The van der Waals surface area contributed by atoms with Crippen LogP contribution in [-0.4, -0.2) is 52.8 Å². The van der Waals surface area contributed by atoms with E-state index >= 15 is 0 Å². The smallest absolute Gasteiger partial charge is 0.299 e. The minimum atomic E-state index is -0.892. The lowest BCUT2D eigenvalue weighted by Gasteiger charge is -2.34. The van der Waals surface area contributed by atoms with Crippen molar-refractivity contribution < 1.29 is 28.7 Å². The number of ketones is 1. The van der Waals surface area contributed by atoms with E-state index in [9.17, 15) is 19.2 Å². The Hall–Kier alpha value is -4.73. The lowest BCUT2D eigenvalue weighted by atomic mass is 10.00. The van der Waals surface area contributed by atoms with Crippen LogP contribution in [0.4, 0.5) is 11.4 Å². The highest BCUT2D eigenvalue weighted by Crippen LogP contribution is 2.34. The molecular weight excluding hydrogens is 488 g/mol. The molecule has 0 radical (unpaired) electrons. The summed E-state index contributed by atoms with van der Waals surface area (Å²) in [5.41, 5.74) is 1.84. The van der Waals surface area contributed by atoms with Crippen LogP contribution in [0.2, 0.25) is 0 Å². The number of carbonyl (C=O) groups excluding carboxylic acids is 4. The van der Waals surface area contributed by atoms with Crippen LogP contribution in [0.3, 0.4) is 0 Å². The van der Waals surface area contributed by atoms with E-state index in [2.05, 4.69) is 10.3 Å². The van der Waals surface area contributed by atoms with Crippen LogP contribution in [0.1, 0.15) is 29.8 Å². The Morgan fingerprint density at radius 2 is 1.84 bits per heavy atom. The van der Waals surface area contributed by atoms with Crippen molar-refractivity contribution in [3.63, 3.8) is 0 Å². The van der Waals surface area contributed by atoms with Crippen LogP contribution in [-0.2, 0) is 20.9 Å². The van der Waals surface area contributed by atoms with Crippen LogP contribution in [0.15, 0.2) is 67.0 Å². The number of fused-ring (bicyclic) bond motifs is 2. The van der Waals surface area contributed by atoms with E-state index in [4.69, 9.17) is 9.47 Å². The highest BCUT2D eigenvalue weighted by atomic mass is 16.7. The molecule has 3 amide bonds. The van der Waals surface area contributed by atoms with Crippen molar-refractivity contribution in [1.29, 1.82) is 0 Å². The topological polar surface area (TPSA) is 118 Å². The third kappa shape index (κ3) is 4.80. The molecule has 38 heavy (non-hydrogen) atoms. The molecule has 0 saturated heterocycles. The molecular formula is C28H26N4O6. The normalized spacial score (nSPS) is 14.4. The molecule has 194 valence electrons. The molecule has 0 fully saturated rings. The number of nitrogens with zero attached hydrogens (tertiary/aromatic N) is 3. The van der Waals surface area contributed by atoms with E-state index in [-0.39, 0.29) is 31.4 Å². The number of ether oxygens (including phenoxy) is 2. The Labute approximate surface area is 219 Å². The lowest BCUT2D eigenvalue weighted by molar-refractivity contribution is -0.140. The molecule has 10 heteroatoms. The summed E-state index contributed by atoms with van der Waals surface area (Å²) in [5.74, 6) is -1.50. The molecule has 1 N–H and O–H groups in total. The zero-order valence-corrected chi connectivity index (χ0v) is 20.9. The number of hydrogen-bond donors (Lipinski definition) is 1. The Balaban J connectivity index is 1.43. The van der Waals surface area contributed by atoms with Gasteiger partial charge in [0.25, 0.3) is 11.7 Å². The van der Waals surface area contributed by atoms with E-state index in [0.717, 1.165) is 0 Å². The fourth-order valence-electron chi connectivity index (χ4n) is 4.66. The molecule has 0 aliphatic carbocycles. The Morgan fingerprint density at radius 3 is 2.61 bits per heavy atom. The maximum absolute atomic E-state index is 13.8. The van der Waals surface area contributed by atoms with Gasteiger partial charge < -0.3 is 19.7 Å². The van der Waals surface area contributed by atoms with Gasteiger partial charge in [0.05, 0.1) is 11.3 Å². The summed E-state index contributed by atoms with van der Waals surface area (Å²) in [6.45, 7) is 3.49. The standard InChI is InChI=1S/C28H26N4O6/c1-17(2)25(27(35)30-19-9-10-22-23(12-19)38-16-37-22)32(14-18-6-5-11-29-13-18)24(33)15-31-21-8-4-3-7-20(21)26(34)28(31)36/h3-13,17,25H,14-16H2,1-2H3,(H,30,35). The van der Waals surface area contributed by atoms with E-state index in [1.54, 1.807) is 67.0 Å². The second-order valence-corrected chi connectivity index (χ2v) is 9.37. The maximum atomic E-state index is 13.8. The van der Waals surface area contributed by atoms with E-state index in [0.29, 0.717) is 28.4 Å². The second-order valence-electron chi connectivity index (χ2n) is 9.37. The summed E-state index contributed by atoms with van der Waals surface area (Å²) < 4.78 is 10.7. The van der Waals surface area contributed by atoms with Crippen LogP contribution in [0.5, 0.6) is 11.5 Å². The van der Waals surface area contributed by atoms with Gasteiger partial charge in [0.1, 0.15) is 12.6 Å². The number of para-hydroxylation sites is 1. The third-order valence-electron chi connectivity index (χ3n) is 6.44. The molecule has 0 bridgehead atoms. The van der Waals surface area contributed by atoms with E-state index < -0.39 is 29.5 Å². The first kappa shape index (κ1) is 24.9. The number of carbonyl (C=O) groups is 4. The van der Waals surface area contributed by atoms with Gasteiger partial charge in [-0.3, -0.25) is 29.1 Å². The highest BCUT2D eigenvalue weighted by molar-refractivity contribution is 6.52. The minimum absolute atomic E-state index is 0.0850. The lowest BCUT2D eigenvalue weighted by Crippen LogP contribution is -2.53. The summed E-state index contributed by atoms with van der Waals surface area (Å²) in [5, 5.41) is 2.88. The van der Waals surface area contributed by atoms with Crippen molar-refractivity contribution >= 4 is 34.9 Å². The number of Topliss-reactive ketones (excluding diaryl/α,β-unsaturated/α-hetero) is 1. The molecule has 0 spiro atoms. The molecule has 1 aromatic heterocycles. The number of aromatic nitrogens is 1. The number of pyridine rings is 1. The van der Waals surface area contributed by atoms with Crippen molar-refractivity contribution in [2.45, 2.75) is 26.4 Å². The average molecular weight is 515 g/mol. The number of benzene rings is 2. The Morgan fingerprint density at radius 1 is 1.05 bits per heavy atom. The molecule has 3 aromatic rings. The van der Waals surface area contributed by atoms with Gasteiger partial charge in [-0.05, 0) is 41.8 Å². The first-order valence-corrected chi connectivity index (χ1v) is 12.2. The third-order valence-corrected chi connectivity index (χ3v) is 6.44. The van der Waals surface area contributed by atoms with Crippen molar-refractivity contribution in [2.24, 2.45) is 5.92 Å². The first-order valence-electron chi connectivity index (χ1n) is 12.2. The maximum Gasteiger partial charge on any atom is 0.299 e. The summed E-state index contributed by atoms with van der Waals surface area (Å²) >= 11 is 0. The van der Waals surface area contributed by atoms with Gasteiger partial charge in [-0.15, -0.1) is 0 Å². The molecule has 10 nitrogen and oxygen atoms in total. The summed E-state index contributed by atoms with van der Waals surface area (Å²) in [6, 6.07) is 14.3. The van der Waals surface area contributed by atoms with Crippen molar-refractivity contribution in [3.05, 3.63) is 78.1 Å². The fourth-order valence-corrected chi connectivity index (χ4v) is 4.66. The predicted octanol–water partition coefficient (Wildman–Crippen LogP) is 3.03. The van der Waals surface area contributed by atoms with Crippen LogP contribution >= 0.6 is 0 Å². The zero-order chi connectivity index (χ0) is 26.8. The number of amides is 3. The predicted molar refractivity (Wildman–Crippen MR) is 138 cm³/mol. The SMILES string of the molecule is CC(C)C(C(=O)Nc1ccc2c(c1)OCO2)N(Cc1cccnc1)C(=O)CN1C(=O)C(=O)c2ccccc21. The molecule has 3 heterocycles. The number of anilines is 2. The molecule has 5 rings (SSSR count). The second kappa shape index (κ2) is 10.3. The molecule has 2 aromatic carbocycles. The molecule has 1 unspecified atom stereocenters. The minimum Gasteiger partial charge on any atom is -0.454 e. The van der Waals surface area contributed by atoms with Crippen LogP contribution in [0, 0.1) is 5.92 Å². The van der Waals surface area contributed by atoms with Gasteiger partial charge in [-0.2, -0.15) is 0 Å². The van der Waals surface area contributed by atoms with Gasteiger partial charge >= 0.3 is 0 Å². The Kier molecular flexibility index (Phi) is 6.78. The van der Waals surface area contributed by atoms with Crippen LogP contribution < -0.4 is 19.7 Å². The largest absolute Gasteiger partial charge is 0.454 e. The van der Waals surface area contributed by atoms with Gasteiger partial charge in [0.2, 0.25) is 18.6 Å². The Bertz CT molecular complexity index is 1410. The van der Waals surface area contributed by atoms with Gasteiger partial charge in [-0.1, -0.05) is 32.0 Å². The first-order chi connectivity index (χ1) is 18.3. The molecule has 2 aliphatic heterocycles. The van der Waals surface area contributed by atoms with E-state index in [1.165, 1.54) is 9.80 Å². The van der Waals surface area contributed by atoms with Crippen LogP contribution in [0.25, 0.3) is 0 Å². The van der Waals surface area contributed by atoms with Gasteiger partial charge in [0.15, 0.2) is 11.5 Å². The summed E-state index contributed by atoms with van der Waals surface area (Å²) in [7, 11) is 0. The van der Waals surface area contributed by atoms with Crippen molar-refractivity contribution in [3.8, 4) is 11.5 Å². The van der Waals surface area contributed by atoms with Crippen molar-refractivity contribution in [1.82, 2.24) is 9.88 Å². The summed E-state index contributed by atoms with van der Waals surface area (Å²) in [4.78, 5) is 59.4. The number of nitrogens with one attached hydrogen (secondary N) is 1. The van der Waals surface area contributed by atoms with Crippen molar-refractivity contribution in [2.75, 3.05) is 23.6 Å². The zero-order valence-electron chi connectivity index (χ0n) is 20.9. The van der Waals surface area contributed by atoms with Gasteiger partial charge in [-0.25, -0.2) is 0 Å². The quantitative estimate of drug-likeness (QED) is 0.459. The molecule has 0 saturated carbocycles. The number of hydrogen-bond acceptors (Lipinski definition) is 7. The van der Waals surface area contributed by atoms with Gasteiger partial charge in [0, 0.05) is 30.7 Å². The fraction of sp³-hybridized carbons (Fsp3) is 0.250. The average Bonchev–Trinajstić information content (AvgIpc) is 3.47. The highest BCUT2D eigenvalue weighted by Gasteiger charge is 2.39. The number of rotatable bonds is 8. The molecule has 1 atom stereocenters. The summed E-state index contributed by atoms with van der Waals surface area (Å²) in [6.07, 6.45) is 3.24.